The summed E-state index contributed by atoms with van der Waals surface area (Å²) in [6.07, 6.45) is 1.64. The largest absolute Gasteiger partial charge is 0.496 e. The molecule has 0 radical (unpaired) electrons. The predicted octanol–water partition coefficient (Wildman–Crippen LogP) is 3.87. The van der Waals surface area contributed by atoms with E-state index in [1.165, 1.54) is 0 Å². The summed E-state index contributed by atoms with van der Waals surface area (Å²) >= 11 is 0. The zero-order valence-corrected chi connectivity index (χ0v) is 14.2. The van der Waals surface area contributed by atoms with Gasteiger partial charge in [0, 0.05) is 11.6 Å². The molecule has 0 aliphatic carbocycles. The van der Waals surface area contributed by atoms with E-state index in [2.05, 4.69) is 0 Å². The number of para-hydroxylation sites is 1. The van der Waals surface area contributed by atoms with Crippen molar-refractivity contribution in [3.8, 4) is 17.2 Å². The van der Waals surface area contributed by atoms with E-state index in [0.717, 1.165) is 5.56 Å². The van der Waals surface area contributed by atoms with E-state index in [4.69, 9.17) is 14.2 Å². The highest BCUT2D eigenvalue weighted by atomic mass is 16.5. The van der Waals surface area contributed by atoms with Gasteiger partial charge in [0.25, 0.3) is 0 Å². The molecule has 5 heteroatoms. The molecule has 0 amide bonds. The number of carbonyl (C=O) groups is 2. The average Bonchev–Trinajstić information content (AvgIpc) is 2.90. The second kappa shape index (κ2) is 6.81. The van der Waals surface area contributed by atoms with E-state index in [1.807, 2.05) is 24.3 Å². The summed E-state index contributed by atoms with van der Waals surface area (Å²) in [7, 11) is 1.57. The average molecular weight is 338 g/mol. The fourth-order valence-electron chi connectivity index (χ4n) is 2.39. The first-order valence-corrected chi connectivity index (χ1v) is 7.92. The number of hydrogen-bond donors (Lipinski definition) is 0. The van der Waals surface area contributed by atoms with Gasteiger partial charge in [0.1, 0.15) is 17.2 Å². The van der Waals surface area contributed by atoms with Crippen LogP contribution in [0, 0.1) is 5.92 Å². The molecule has 1 heterocycles. The Morgan fingerprint density at radius 1 is 1.16 bits per heavy atom. The number of methoxy groups -OCH3 is 1. The van der Waals surface area contributed by atoms with Crippen LogP contribution in [0.2, 0.25) is 0 Å². The number of benzene rings is 2. The summed E-state index contributed by atoms with van der Waals surface area (Å²) in [5.41, 5.74) is 1.18. The first-order chi connectivity index (χ1) is 12.0. The SMILES string of the molecule is COc1ccccc1/C=C1\Oc2cc(OC(=O)C(C)C)ccc2C1=O. The van der Waals surface area contributed by atoms with Crippen LogP contribution in [0.3, 0.4) is 0 Å². The number of allylic oxidation sites excluding steroid dienone is 1. The Bertz CT molecular complexity index is 864. The van der Waals surface area contributed by atoms with Crippen molar-refractivity contribution in [2.75, 3.05) is 7.11 Å². The van der Waals surface area contributed by atoms with Gasteiger partial charge in [0.15, 0.2) is 5.76 Å². The topological polar surface area (TPSA) is 61.8 Å². The van der Waals surface area contributed by atoms with Crippen molar-refractivity contribution in [2.24, 2.45) is 5.92 Å². The molecule has 0 saturated heterocycles. The molecule has 0 saturated carbocycles. The van der Waals surface area contributed by atoms with Crippen molar-refractivity contribution >= 4 is 17.8 Å². The van der Waals surface area contributed by atoms with Crippen LogP contribution >= 0.6 is 0 Å². The van der Waals surface area contributed by atoms with Crippen LogP contribution in [0.15, 0.2) is 48.2 Å². The minimum absolute atomic E-state index is 0.201. The summed E-state index contributed by atoms with van der Waals surface area (Å²) in [6.45, 7) is 3.51. The van der Waals surface area contributed by atoms with E-state index in [-0.39, 0.29) is 23.4 Å². The maximum absolute atomic E-state index is 12.5. The lowest BCUT2D eigenvalue weighted by Crippen LogP contribution is -2.14. The van der Waals surface area contributed by atoms with Crippen LogP contribution in [0.1, 0.15) is 29.8 Å². The number of esters is 1. The molecule has 1 aliphatic heterocycles. The van der Waals surface area contributed by atoms with Crippen LogP contribution in [0.4, 0.5) is 0 Å². The molecule has 128 valence electrons. The Balaban J connectivity index is 1.88. The number of Topliss-reactive ketones (excluding diaryl/α,β-unsaturated/α-hetero) is 1. The molecule has 1 aliphatic rings. The Morgan fingerprint density at radius 2 is 1.92 bits per heavy atom. The highest BCUT2D eigenvalue weighted by molar-refractivity contribution is 6.14. The highest BCUT2D eigenvalue weighted by Crippen LogP contribution is 2.35. The molecule has 2 aromatic carbocycles. The quantitative estimate of drug-likeness (QED) is 0.481. The zero-order valence-electron chi connectivity index (χ0n) is 14.2. The number of rotatable bonds is 4. The molecule has 0 atom stereocenters. The van der Waals surface area contributed by atoms with Crippen molar-refractivity contribution in [1.82, 2.24) is 0 Å². The van der Waals surface area contributed by atoms with Crippen LogP contribution < -0.4 is 14.2 Å². The second-order valence-electron chi connectivity index (χ2n) is 5.92. The zero-order chi connectivity index (χ0) is 18.0. The third-order valence-electron chi connectivity index (χ3n) is 3.76. The van der Waals surface area contributed by atoms with Crippen LogP contribution in [0.5, 0.6) is 17.2 Å². The van der Waals surface area contributed by atoms with Crippen LogP contribution in [0.25, 0.3) is 6.08 Å². The van der Waals surface area contributed by atoms with E-state index in [9.17, 15) is 9.59 Å². The normalized spacial score (nSPS) is 14.4. The maximum Gasteiger partial charge on any atom is 0.313 e. The minimum Gasteiger partial charge on any atom is -0.496 e. The minimum atomic E-state index is -0.339. The molecular formula is C20H18O5. The Kier molecular flexibility index (Phi) is 4.57. The van der Waals surface area contributed by atoms with E-state index in [1.54, 1.807) is 45.2 Å². The molecule has 3 rings (SSSR count). The molecule has 5 nitrogen and oxygen atoms in total. The van der Waals surface area contributed by atoms with Gasteiger partial charge >= 0.3 is 5.97 Å². The van der Waals surface area contributed by atoms with Gasteiger partial charge in [-0.05, 0) is 24.3 Å². The van der Waals surface area contributed by atoms with Crippen molar-refractivity contribution in [3.05, 3.63) is 59.4 Å². The molecule has 0 spiro atoms. The summed E-state index contributed by atoms with van der Waals surface area (Å²) < 4.78 is 16.2. The number of hydrogen-bond acceptors (Lipinski definition) is 5. The third-order valence-corrected chi connectivity index (χ3v) is 3.76. The molecule has 0 bridgehead atoms. The Morgan fingerprint density at radius 3 is 2.64 bits per heavy atom. The first-order valence-electron chi connectivity index (χ1n) is 7.92. The van der Waals surface area contributed by atoms with Crippen molar-refractivity contribution in [1.29, 1.82) is 0 Å². The van der Waals surface area contributed by atoms with Crippen molar-refractivity contribution in [3.63, 3.8) is 0 Å². The lowest BCUT2D eigenvalue weighted by molar-refractivity contribution is -0.137. The molecule has 2 aromatic rings. The predicted molar refractivity (Wildman–Crippen MR) is 92.8 cm³/mol. The van der Waals surface area contributed by atoms with Gasteiger partial charge < -0.3 is 14.2 Å². The number of ketones is 1. The first kappa shape index (κ1) is 16.8. The van der Waals surface area contributed by atoms with Gasteiger partial charge in [-0.1, -0.05) is 32.0 Å². The number of carbonyl (C=O) groups excluding carboxylic acids is 2. The Labute approximate surface area is 145 Å². The fourth-order valence-corrected chi connectivity index (χ4v) is 2.39. The molecule has 25 heavy (non-hydrogen) atoms. The van der Waals surface area contributed by atoms with E-state index >= 15 is 0 Å². The van der Waals surface area contributed by atoms with Gasteiger partial charge in [-0.25, -0.2) is 0 Å². The van der Waals surface area contributed by atoms with Gasteiger partial charge in [-0.3, -0.25) is 9.59 Å². The number of fused-ring (bicyclic) bond motifs is 1. The lowest BCUT2D eigenvalue weighted by atomic mass is 10.1. The van der Waals surface area contributed by atoms with Gasteiger partial charge in [0.2, 0.25) is 5.78 Å². The molecular weight excluding hydrogens is 320 g/mol. The van der Waals surface area contributed by atoms with Crippen molar-refractivity contribution in [2.45, 2.75) is 13.8 Å². The summed E-state index contributed by atoms with van der Waals surface area (Å²) in [5.74, 6) is 0.776. The summed E-state index contributed by atoms with van der Waals surface area (Å²) in [5, 5.41) is 0. The van der Waals surface area contributed by atoms with E-state index in [0.29, 0.717) is 22.8 Å². The fraction of sp³-hybridized carbons (Fsp3) is 0.200. The van der Waals surface area contributed by atoms with E-state index < -0.39 is 0 Å². The standard InChI is InChI=1S/C20H18O5/c1-12(2)20(22)24-14-8-9-15-17(11-14)25-18(19(15)21)10-13-6-4-5-7-16(13)23-3/h4-12H,1-3H3/b18-10-. The molecule has 0 unspecified atom stereocenters. The monoisotopic (exact) mass is 338 g/mol. The second-order valence-corrected chi connectivity index (χ2v) is 5.92. The summed E-state index contributed by atoms with van der Waals surface area (Å²) in [4.78, 5) is 24.2. The van der Waals surface area contributed by atoms with Crippen LogP contribution in [-0.2, 0) is 4.79 Å². The summed E-state index contributed by atoms with van der Waals surface area (Å²) in [6, 6.07) is 12.1. The highest BCUT2D eigenvalue weighted by Gasteiger charge is 2.28. The third kappa shape index (κ3) is 3.40. The number of ether oxygens (including phenoxy) is 3. The lowest BCUT2D eigenvalue weighted by Gasteiger charge is -2.07. The van der Waals surface area contributed by atoms with Gasteiger partial charge in [-0.15, -0.1) is 0 Å². The molecule has 0 N–H and O–H groups in total. The Hall–Kier alpha value is -3.08. The maximum atomic E-state index is 12.5. The van der Waals surface area contributed by atoms with Gasteiger partial charge in [-0.2, -0.15) is 0 Å². The van der Waals surface area contributed by atoms with Crippen LogP contribution in [-0.4, -0.2) is 18.9 Å². The molecule has 0 fully saturated rings. The van der Waals surface area contributed by atoms with Crippen molar-refractivity contribution < 1.29 is 23.8 Å². The molecule has 0 aromatic heterocycles. The smallest absolute Gasteiger partial charge is 0.313 e. The van der Waals surface area contributed by atoms with Gasteiger partial charge in [0.05, 0.1) is 18.6 Å².